The largest absolute Gasteiger partial charge is 0.456 e. The third-order valence-electron chi connectivity index (χ3n) is 4.45. The number of β-lactam (4-membered cyclic amide) rings is 1. The van der Waals surface area contributed by atoms with Gasteiger partial charge in [-0.2, -0.15) is 0 Å². The van der Waals surface area contributed by atoms with Crippen molar-refractivity contribution in [1.82, 2.24) is 4.90 Å². The number of rotatable bonds is 7. The molecule has 0 bridgehead atoms. The summed E-state index contributed by atoms with van der Waals surface area (Å²) in [5.74, 6) is 0.367. The maximum atomic E-state index is 12.7. The number of ether oxygens (including phenoxy) is 1. The van der Waals surface area contributed by atoms with Gasteiger partial charge >= 0.3 is 5.97 Å². The molecule has 1 fully saturated rings. The van der Waals surface area contributed by atoms with Gasteiger partial charge in [-0.15, -0.1) is 11.8 Å². The Morgan fingerprint density at radius 2 is 2.04 bits per heavy atom. The van der Waals surface area contributed by atoms with Gasteiger partial charge in [-0.3, -0.25) is 19.8 Å². The topological polar surface area (TPSA) is 89.8 Å². The van der Waals surface area contributed by atoms with E-state index in [2.05, 4.69) is 0 Å². The van der Waals surface area contributed by atoms with Crippen LogP contribution in [0.5, 0.6) is 0 Å². The van der Waals surface area contributed by atoms with Gasteiger partial charge in [-0.1, -0.05) is 32.5 Å². The summed E-state index contributed by atoms with van der Waals surface area (Å²) in [6.45, 7) is 6.01. The van der Waals surface area contributed by atoms with Crippen molar-refractivity contribution in [2.45, 2.75) is 32.8 Å². The normalized spacial score (nSPS) is 21.3. The van der Waals surface area contributed by atoms with Crippen molar-refractivity contribution in [3.63, 3.8) is 0 Å². The van der Waals surface area contributed by atoms with Crippen LogP contribution in [-0.4, -0.2) is 32.8 Å². The zero-order chi connectivity index (χ0) is 19.7. The molecule has 0 aromatic heterocycles. The van der Waals surface area contributed by atoms with E-state index in [9.17, 15) is 19.7 Å². The summed E-state index contributed by atoms with van der Waals surface area (Å²) in [5.41, 5.74) is 0.965. The summed E-state index contributed by atoms with van der Waals surface area (Å²) < 4.78 is 6.22. The number of hydrogen-bond donors (Lipinski definition) is 0. The Hall–Kier alpha value is -2.00. The molecule has 2 aliphatic rings. The molecule has 0 saturated carbocycles. The van der Waals surface area contributed by atoms with Crippen LogP contribution in [-0.2, 0) is 20.9 Å². The molecule has 0 spiro atoms. The lowest BCUT2D eigenvalue weighted by Gasteiger charge is -2.44. The van der Waals surface area contributed by atoms with Gasteiger partial charge in [-0.25, -0.2) is 4.79 Å². The smallest absolute Gasteiger partial charge is 0.357 e. The van der Waals surface area contributed by atoms with Gasteiger partial charge in [0.2, 0.25) is 5.91 Å². The summed E-state index contributed by atoms with van der Waals surface area (Å²) in [4.78, 5) is 37.0. The average Bonchev–Trinajstić information content (AvgIpc) is 2.94. The molecule has 7 nitrogen and oxygen atoms in total. The fourth-order valence-electron chi connectivity index (χ4n) is 3.07. The molecule has 27 heavy (non-hydrogen) atoms. The Morgan fingerprint density at radius 1 is 1.37 bits per heavy atom. The van der Waals surface area contributed by atoms with Crippen molar-refractivity contribution in [3.8, 4) is 0 Å². The van der Waals surface area contributed by atoms with Crippen LogP contribution < -0.4 is 0 Å². The summed E-state index contributed by atoms with van der Waals surface area (Å²) >= 11 is 3.10. The van der Waals surface area contributed by atoms with E-state index < -0.39 is 10.9 Å². The Kier molecular flexibility index (Phi) is 5.81. The van der Waals surface area contributed by atoms with Crippen molar-refractivity contribution >= 4 is 41.1 Å². The first-order chi connectivity index (χ1) is 12.8. The number of nitro benzene ring substituents is 1. The predicted molar refractivity (Wildman–Crippen MR) is 105 cm³/mol. The number of benzene rings is 1. The number of non-ortho nitro benzene ring substituents is 1. The minimum atomic E-state index is -0.533. The minimum Gasteiger partial charge on any atom is -0.456 e. The Balaban J connectivity index is 1.71. The van der Waals surface area contributed by atoms with E-state index >= 15 is 0 Å². The van der Waals surface area contributed by atoms with Crippen LogP contribution >= 0.6 is 23.5 Å². The van der Waals surface area contributed by atoms with E-state index in [1.807, 2.05) is 20.8 Å². The molecule has 1 unspecified atom stereocenters. The SMILES string of the molecule is CCSC1=C(C(=O)OCc2ccc([N+](=O)[O-])cc2)N2C(=O)C(C(C)C)[C@H]2S1. The number of fused-ring (bicyclic) bond motifs is 1. The molecule has 1 aromatic rings. The van der Waals surface area contributed by atoms with Gasteiger partial charge in [0.15, 0.2) is 5.70 Å². The number of nitro groups is 1. The molecule has 1 amide bonds. The van der Waals surface area contributed by atoms with Gasteiger partial charge < -0.3 is 4.74 Å². The van der Waals surface area contributed by atoms with E-state index in [0.717, 1.165) is 9.99 Å². The maximum absolute atomic E-state index is 12.7. The molecular weight excluding hydrogens is 388 g/mol. The Bertz CT molecular complexity index is 806. The van der Waals surface area contributed by atoms with Crippen molar-refractivity contribution in [2.24, 2.45) is 11.8 Å². The van der Waals surface area contributed by atoms with E-state index in [-0.39, 0.29) is 35.4 Å². The quantitative estimate of drug-likeness (QED) is 0.294. The summed E-state index contributed by atoms with van der Waals surface area (Å²) in [5, 5.41) is 10.7. The summed E-state index contributed by atoms with van der Waals surface area (Å²) in [6.07, 6.45) is 0. The molecule has 2 heterocycles. The molecule has 0 aliphatic carbocycles. The van der Waals surface area contributed by atoms with E-state index in [0.29, 0.717) is 11.3 Å². The van der Waals surface area contributed by atoms with Crippen LogP contribution in [0.25, 0.3) is 0 Å². The lowest BCUT2D eigenvalue weighted by molar-refractivity contribution is -0.384. The van der Waals surface area contributed by atoms with Gasteiger partial charge in [0, 0.05) is 12.1 Å². The van der Waals surface area contributed by atoms with Crippen LogP contribution in [0.4, 0.5) is 5.69 Å². The molecule has 3 rings (SSSR count). The number of hydrogen-bond acceptors (Lipinski definition) is 7. The summed E-state index contributed by atoms with van der Waals surface area (Å²) in [6, 6.07) is 5.84. The molecule has 0 radical (unpaired) electrons. The van der Waals surface area contributed by atoms with Crippen LogP contribution in [0, 0.1) is 22.0 Å². The second-order valence-corrected chi connectivity index (χ2v) is 9.21. The number of thioether (sulfide) groups is 2. The minimum absolute atomic E-state index is 0.00459. The van der Waals surface area contributed by atoms with Gasteiger partial charge in [0.25, 0.3) is 5.69 Å². The molecule has 2 atom stereocenters. The first-order valence-electron chi connectivity index (χ1n) is 8.62. The third kappa shape index (κ3) is 3.70. The molecule has 144 valence electrons. The van der Waals surface area contributed by atoms with Gasteiger partial charge in [0.1, 0.15) is 6.61 Å². The molecule has 9 heteroatoms. The van der Waals surface area contributed by atoms with Crippen LogP contribution in [0.1, 0.15) is 26.3 Å². The second kappa shape index (κ2) is 7.93. The molecular formula is C18H20N2O5S2. The Labute approximate surface area is 165 Å². The predicted octanol–water partition coefficient (Wildman–Crippen LogP) is 3.75. The number of nitrogens with zero attached hydrogens (tertiary/aromatic N) is 2. The highest BCUT2D eigenvalue weighted by atomic mass is 32.2. The standard InChI is InChI=1S/C18H20N2O5S2/c1-4-26-18-14(19-15(21)13(10(2)3)16(19)27-18)17(22)25-9-11-5-7-12(8-6-11)20(23)24/h5-8,10,13,16H,4,9H2,1-3H3/t13?,16-/m1/s1. The highest BCUT2D eigenvalue weighted by molar-refractivity contribution is 8.22. The highest BCUT2D eigenvalue weighted by Crippen LogP contribution is 2.54. The average molecular weight is 409 g/mol. The lowest BCUT2D eigenvalue weighted by atomic mass is 9.86. The fraction of sp³-hybridized carbons (Fsp3) is 0.444. The van der Waals surface area contributed by atoms with Crippen molar-refractivity contribution < 1.29 is 19.2 Å². The monoisotopic (exact) mass is 408 g/mol. The first kappa shape index (κ1) is 19.8. The Morgan fingerprint density at radius 3 is 2.59 bits per heavy atom. The van der Waals surface area contributed by atoms with Crippen molar-refractivity contribution in [1.29, 1.82) is 0 Å². The van der Waals surface area contributed by atoms with Crippen LogP contribution in [0.2, 0.25) is 0 Å². The first-order valence-corrected chi connectivity index (χ1v) is 10.5. The van der Waals surface area contributed by atoms with Gasteiger partial charge in [-0.05, 0) is 29.4 Å². The fourth-order valence-corrected chi connectivity index (χ4v) is 5.98. The molecule has 1 aromatic carbocycles. The summed E-state index contributed by atoms with van der Waals surface area (Å²) in [7, 11) is 0. The van der Waals surface area contributed by atoms with E-state index in [1.54, 1.807) is 28.8 Å². The van der Waals surface area contributed by atoms with E-state index in [4.69, 9.17) is 4.74 Å². The number of amides is 1. The van der Waals surface area contributed by atoms with Crippen LogP contribution in [0.15, 0.2) is 34.2 Å². The molecule has 1 saturated heterocycles. The van der Waals surface area contributed by atoms with Crippen molar-refractivity contribution in [2.75, 3.05) is 5.75 Å². The molecule has 0 N–H and O–H groups in total. The number of carbonyl (C=O) groups excluding carboxylic acids is 2. The van der Waals surface area contributed by atoms with E-state index in [1.165, 1.54) is 23.9 Å². The maximum Gasteiger partial charge on any atom is 0.357 e. The highest BCUT2D eigenvalue weighted by Gasteiger charge is 2.57. The zero-order valence-electron chi connectivity index (χ0n) is 15.2. The van der Waals surface area contributed by atoms with Gasteiger partial charge in [0.05, 0.1) is 20.5 Å². The number of carbonyl (C=O) groups is 2. The molecule has 2 aliphatic heterocycles. The van der Waals surface area contributed by atoms with Crippen molar-refractivity contribution in [3.05, 3.63) is 49.9 Å². The third-order valence-corrected chi connectivity index (χ3v) is 6.99. The zero-order valence-corrected chi connectivity index (χ0v) is 16.8. The second-order valence-electron chi connectivity index (χ2n) is 6.56. The number of esters is 1. The lowest BCUT2D eigenvalue weighted by Crippen LogP contribution is -2.59. The van der Waals surface area contributed by atoms with Crippen LogP contribution in [0.3, 0.4) is 0 Å².